The number of ether oxygens (including phenoxy) is 1. The van der Waals surface area contributed by atoms with Crippen molar-refractivity contribution in [2.45, 2.75) is 13.5 Å². The standard InChI is InChI=1S/C12H12ClN3OS/c1-7-6-18-11(16-7)5-17-10-4-8(13)2-3-9(10)12(14)15/h2-4,6H,5H2,1H3,(H3,14,15). The number of halogens is 1. The van der Waals surface area contributed by atoms with Crippen molar-refractivity contribution in [2.75, 3.05) is 0 Å². The fourth-order valence-electron chi connectivity index (χ4n) is 1.45. The number of amidine groups is 1. The number of nitrogen functional groups attached to an aromatic ring is 1. The predicted octanol–water partition coefficient (Wildman–Crippen LogP) is 2.97. The van der Waals surface area contributed by atoms with Gasteiger partial charge >= 0.3 is 0 Å². The van der Waals surface area contributed by atoms with Crippen LogP contribution in [-0.4, -0.2) is 10.8 Å². The molecule has 3 N–H and O–H groups in total. The highest BCUT2D eigenvalue weighted by molar-refractivity contribution is 7.09. The maximum atomic E-state index is 7.48. The molecule has 0 aliphatic heterocycles. The van der Waals surface area contributed by atoms with Crippen LogP contribution in [0.4, 0.5) is 0 Å². The van der Waals surface area contributed by atoms with Gasteiger partial charge in [0.2, 0.25) is 0 Å². The molecule has 94 valence electrons. The largest absolute Gasteiger partial charge is 0.486 e. The van der Waals surface area contributed by atoms with Gasteiger partial charge in [0.25, 0.3) is 0 Å². The van der Waals surface area contributed by atoms with Crippen molar-refractivity contribution in [1.82, 2.24) is 4.98 Å². The van der Waals surface area contributed by atoms with Crippen molar-refractivity contribution in [1.29, 1.82) is 5.41 Å². The molecule has 6 heteroatoms. The van der Waals surface area contributed by atoms with E-state index < -0.39 is 0 Å². The van der Waals surface area contributed by atoms with Crippen molar-refractivity contribution < 1.29 is 4.74 Å². The molecule has 0 aliphatic carbocycles. The Morgan fingerprint density at radius 1 is 1.56 bits per heavy atom. The van der Waals surface area contributed by atoms with Gasteiger partial charge in [0.15, 0.2) is 0 Å². The summed E-state index contributed by atoms with van der Waals surface area (Å²) in [5, 5.41) is 10.9. The van der Waals surface area contributed by atoms with Crippen LogP contribution in [0.25, 0.3) is 0 Å². The molecule has 0 amide bonds. The van der Waals surface area contributed by atoms with Crippen LogP contribution in [0.3, 0.4) is 0 Å². The van der Waals surface area contributed by atoms with Gasteiger partial charge in [0.1, 0.15) is 23.2 Å². The van der Waals surface area contributed by atoms with E-state index in [4.69, 9.17) is 27.5 Å². The van der Waals surface area contributed by atoms with Gasteiger partial charge in [-0.15, -0.1) is 11.3 Å². The third kappa shape index (κ3) is 3.00. The summed E-state index contributed by atoms with van der Waals surface area (Å²) in [6.45, 7) is 2.28. The summed E-state index contributed by atoms with van der Waals surface area (Å²) in [5.74, 6) is 0.458. The summed E-state index contributed by atoms with van der Waals surface area (Å²) in [5.41, 5.74) is 6.99. The van der Waals surface area contributed by atoms with Crippen LogP contribution < -0.4 is 10.5 Å². The molecular formula is C12H12ClN3OS. The SMILES string of the molecule is Cc1csc(COc2cc(Cl)ccc2C(=N)N)n1. The van der Waals surface area contributed by atoms with Crippen LogP contribution in [-0.2, 0) is 6.61 Å². The summed E-state index contributed by atoms with van der Waals surface area (Å²) in [6.07, 6.45) is 0. The van der Waals surface area contributed by atoms with Gasteiger partial charge in [-0.05, 0) is 25.1 Å². The normalized spacial score (nSPS) is 10.3. The van der Waals surface area contributed by atoms with E-state index in [-0.39, 0.29) is 5.84 Å². The highest BCUT2D eigenvalue weighted by Gasteiger charge is 2.08. The lowest BCUT2D eigenvalue weighted by atomic mass is 10.2. The Hall–Kier alpha value is -1.59. The number of thiazole rings is 1. The van der Waals surface area contributed by atoms with Gasteiger partial charge in [-0.1, -0.05) is 11.6 Å². The predicted molar refractivity (Wildman–Crippen MR) is 73.7 cm³/mol. The minimum atomic E-state index is -0.0445. The van der Waals surface area contributed by atoms with E-state index in [0.717, 1.165) is 10.7 Å². The van der Waals surface area contributed by atoms with Crippen molar-refractivity contribution >= 4 is 28.8 Å². The fourth-order valence-corrected chi connectivity index (χ4v) is 2.29. The lowest BCUT2D eigenvalue weighted by Gasteiger charge is -2.09. The zero-order valence-corrected chi connectivity index (χ0v) is 11.3. The molecule has 0 radical (unpaired) electrons. The second-order valence-electron chi connectivity index (χ2n) is 3.73. The Balaban J connectivity index is 2.17. The Morgan fingerprint density at radius 3 is 2.94 bits per heavy atom. The van der Waals surface area contributed by atoms with E-state index in [0.29, 0.717) is 22.9 Å². The van der Waals surface area contributed by atoms with Gasteiger partial charge in [0, 0.05) is 16.1 Å². The van der Waals surface area contributed by atoms with Gasteiger partial charge in [-0.25, -0.2) is 4.98 Å². The van der Waals surface area contributed by atoms with Crippen LogP contribution in [0, 0.1) is 12.3 Å². The van der Waals surface area contributed by atoms with Crippen LogP contribution >= 0.6 is 22.9 Å². The van der Waals surface area contributed by atoms with Gasteiger partial charge < -0.3 is 10.5 Å². The van der Waals surface area contributed by atoms with E-state index in [1.807, 2.05) is 12.3 Å². The van der Waals surface area contributed by atoms with Crippen LogP contribution in [0.15, 0.2) is 23.6 Å². The molecule has 1 aromatic heterocycles. The Morgan fingerprint density at radius 2 is 2.33 bits per heavy atom. The Kier molecular flexibility index (Phi) is 3.84. The number of nitrogens with zero attached hydrogens (tertiary/aromatic N) is 1. The smallest absolute Gasteiger partial charge is 0.140 e. The summed E-state index contributed by atoms with van der Waals surface area (Å²) in [7, 11) is 0. The number of nitrogens with one attached hydrogen (secondary N) is 1. The Bertz CT molecular complexity index is 582. The van der Waals surface area contributed by atoms with Crippen molar-refractivity contribution in [3.63, 3.8) is 0 Å². The number of aromatic nitrogens is 1. The highest BCUT2D eigenvalue weighted by atomic mass is 35.5. The zero-order chi connectivity index (χ0) is 13.1. The highest BCUT2D eigenvalue weighted by Crippen LogP contribution is 2.24. The van der Waals surface area contributed by atoms with Gasteiger partial charge in [-0.2, -0.15) is 0 Å². The summed E-state index contributed by atoms with van der Waals surface area (Å²) < 4.78 is 5.62. The average molecular weight is 282 g/mol. The fraction of sp³-hybridized carbons (Fsp3) is 0.167. The number of aryl methyl sites for hydroxylation is 1. The molecule has 0 fully saturated rings. The lowest BCUT2D eigenvalue weighted by molar-refractivity contribution is 0.305. The molecule has 1 aromatic carbocycles. The van der Waals surface area contributed by atoms with Gasteiger partial charge in [-0.3, -0.25) is 5.41 Å². The third-order valence-corrected chi connectivity index (χ3v) is 3.43. The second kappa shape index (κ2) is 5.37. The minimum Gasteiger partial charge on any atom is -0.486 e. The summed E-state index contributed by atoms with van der Waals surface area (Å²) in [6, 6.07) is 5.00. The summed E-state index contributed by atoms with van der Waals surface area (Å²) in [4.78, 5) is 4.30. The van der Waals surface area contributed by atoms with E-state index in [1.165, 1.54) is 11.3 Å². The molecular weight excluding hydrogens is 270 g/mol. The molecule has 0 atom stereocenters. The number of rotatable bonds is 4. The quantitative estimate of drug-likeness (QED) is 0.668. The monoisotopic (exact) mass is 281 g/mol. The number of nitrogens with two attached hydrogens (primary N) is 1. The van der Waals surface area contributed by atoms with E-state index in [9.17, 15) is 0 Å². The average Bonchev–Trinajstić information content (AvgIpc) is 2.72. The number of hydrogen-bond acceptors (Lipinski definition) is 4. The molecule has 0 unspecified atom stereocenters. The molecule has 0 saturated heterocycles. The van der Waals surface area contributed by atoms with E-state index >= 15 is 0 Å². The van der Waals surface area contributed by atoms with Crippen molar-refractivity contribution in [2.24, 2.45) is 5.73 Å². The minimum absolute atomic E-state index is 0.0445. The summed E-state index contributed by atoms with van der Waals surface area (Å²) >= 11 is 7.44. The van der Waals surface area contributed by atoms with Crippen LogP contribution in [0.5, 0.6) is 5.75 Å². The maximum absolute atomic E-state index is 7.48. The number of benzene rings is 1. The van der Waals surface area contributed by atoms with E-state index in [2.05, 4.69) is 4.98 Å². The Labute approximate surface area is 114 Å². The molecule has 2 aromatic rings. The first-order valence-corrected chi connectivity index (χ1v) is 6.50. The molecule has 0 aliphatic rings. The molecule has 1 heterocycles. The van der Waals surface area contributed by atoms with Crippen molar-refractivity contribution in [3.8, 4) is 5.75 Å². The molecule has 0 bridgehead atoms. The molecule has 2 rings (SSSR count). The zero-order valence-electron chi connectivity index (χ0n) is 9.74. The molecule has 0 saturated carbocycles. The first-order valence-electron chi connectivity index (χ1n) is 5.24. The number of hydrogen-bond donors (Lipinski definition) is 2. The first kappa shape index (κ1) is 12.9. The third-order valence-electron chi connectivity index (χ3n) is 2.25. The van der Waals surface area contributed by atoms with Crippen LogP contribution in [0.1, 0.15) is 16.3 Å². The molecule has 4 nitrogen and oxygen atoms in total. The van der Waals surface area contributed by atoms with E-state index in [1.54, 1.807) is 18.2 Å². The van der Waals surface area contributed by atoms with Gasteiger partial charge in [0.05, 0.1) is 5.56 Å². The second-order valence-corrected chi connectivity index (χ2v) is 5.10. The topological polar surface area (TPSA) is 72.0 Å². The first-order chi connectivity index (χ1) is 8.56. The molecule has 0 spiro atoms. The lowest BCUT2D eigenvalue weighted by Crippen LogP contribution is -2.13. The van der Waals surface area contributed by atoms with Crippen molar-refractivity contribution in [3.05, 3.63) is 44.9 Å². The van der Waals surface area contributed by atoms with Crippen LogP contribution in [0.2, 0.25) is 5.02 Å². The molecule has 18 heavy (non-hydrogen) atoms. The maximum Gasteiger partial charge on any atom is 0.140 e.